The maximum absolute atomic E-state index is 11.6. The first-order chi connectivity index (χ1) is 8.26. The third-order valence-corrected chi connectivity index (χ3v) is 3.97. The van der Waals surface area contributed by atoms with Crippen LogP contribution in [0, 0.1) is 5.92 Å². The summed E-state index contributed by atoms with van der Waals surface area (Å²) < 4.78 is 1.15. The molecule has 88 valence electrons. The van der Waals surface area contributed by atoms with E-state index in [1.165, 1.54) is 5.56 Å². The van der Waals surface area contributed by atoms with Gasteiger partial charge in [-0.2, -0.15) is 0 Å². The number of hydrogen-bond acceptors (Lipinski definition) is 3. The highest BCUT2D eigenvalue weighted by Crippen LogP contribution is 2.32. The van der Waals surface area contributed by atoms with Gasteiger partial charge in [0.15, 0.2) is 5.13 Å². The summed E-state index contributed by atoms with van der Waals surface area (Å²) in [6.07, 6.45) is 3.07. The molecule has 0 radical (unpaired) electrons. The van der Waals surface area contributed by atoms with Crippen molar-refractivity contribution in [2.45, 2.75) is 26.2 Å². The van der Waals surface area contributed by atoms with Crippen LogP contribution in [0.25, 0.3) is 10.2 Å². The quantitative estimate of drug-likeness (QED) is 0.903. The molecule has 1 aromatic heterocycles. The van der Waals surface area contributed by atoms with Crippen LogP contribution in [0.4, 0.5) is 5.13 Å². The zero-order valence-electron chi connectivity index (χ0n) is 9.69. The molecular weight excluding hydrogens is 232 g/mol. The van der Waals surface area contributed by atoms with Gasteiger partial charge in [-0.3, -0.25) is 4.79 Å². The van der Waals surface area contributed by atoms with Crippen molar-refractivity contribution >= 4 is 32.6 Å². The molecule has 4 heteroatoms. The number of rotatable bonds is 3. The summed E-state index contributed by atoms with van der Waals surface area (Å²) in [6.45, 7) is 2.14. The first kappa shape index (κ1) is 10.7. The Hall–Kier alpha value is -1.42. The van der Waals surface area contributed by atoms with Crippen LogP contribution in [-0.2, 0) is 11.2 Å². The minimum Gasteiger partial charge on any atom is -0.302 e. The summed E-state index contributed by atoms with van der Waals surface area (Å²) in [5, 5.41) is 3.63. The van der Waals surface area contributed by atoms with Gasteiger partial charge in [0.05, 0.1) is 10.2 Å². The maximum Gasteiger partial charge on any atom is 0.229 e. The van der Waals surface area contributed by atoms with Gasteiger partial charge >= 0.3 is 0 Å². The molecule has 3 rings (SSSR count). The number of carbonyl (C=O) groups is 1. The van der Waals surface area contributed by atoms with E-state index < -0.39 is 0 Å². The van der Waals surface area contributed by atoms with Crippen LogP contribution in [0.3, 0.4) is 0 Å². The van der Waals surface area contributed by atoms with Crippen molar-refractivity contribution in [2.24, 2.45) is 5.92 Å². The zero-order valence-corrected chi connectivity index (χ0v) is 10.5. The number of benzene rings is 1. The van der Waals surface area contributed by atoms with Crippen LogP contribution in [-0.4, -0.2) is 10.9 Å². The first-order valence-electron chi connectivity index (χ1n) is 5.96. The molecule has 0 spiro atoms. The molecule has 2 aromatic rings. The number of carbonyl (C=O) groups excluding carboxylic acids is 1. The minimum absolute atomic E-state index is 0.125. The second-order valence-corrected chi connectivity index (χ2v) is 5.47. The van der Waals surface area contributed by atoms with E-state index in [0.29, 0.717) is 0 Å². The van der Waals surface area contributed by atoms with Gasteiger partial charge in [-0.25, -0.2) is 4.98 Å². The van der Waals surface area contributed by atoms with Crippen molar-refractivity contribution in [1.29, 1.82) is 0 Å². The van der Waals surface area contributed by atoms with Gasteiger partial charge < -0.3 is 5.32 Å². The maximum atomic E-state index is 11.6. The minimum atomic E-state index is 0.125. The fraction of sp³-hybridized carbons (Fsp3) is 0.385. The number of nitrogens with one attached hydrogen (secondary N) is 1. The third kappa shape index (κ3) is 2.17. The van der Waals surface area contributed by atoms with Crippen molar-refractivity contribution < 1.29 is 4.79 Å². The van der Waals surface area contributed by atoms with E-state index in [1.807, 2.05) is 6.07 Å². The summed E-state index contributed by atoms with van der Waals surface area (Å²) in [4.78, 5) is 16.1. The molecule has 1 fully saturated rings. The molecule has 0 aliphatic heterocycles. The highest BCUT2D eigenvalue weighted by atomic mass is 32.1. The molecule has 1 aliphatic carbocycles. The smallest absolute Gasteiger partial charge is 0.229 e. The third-order valence-electron chi connectivity index (χ3n) is 3.04. The lowest BCUT2D eigenvalue weighted by Gasteiger charge is -1.96. The first-order valence-corrected chi connectivity index (χ1v) is 6.78. The Labute approximate surface area is 104 Å². The van der Waals surface area contributed by atoms with Gasteiger partial charge in [-0.05, 0) is 37.0 Å². The fourth-order valence-electron chi connectivity index (χ4n) is 1.80. The van der Waals surface area contributed by atoms with Crippen LogP contribution in [0.15, 0.2) is 18.2 Å². The fourth-order valence-corrected chi connectivity index (χ4v) is 2.73. The van der Waals surface area contributed by atoms with Gasteiger partial charge in [0.2, 0.25) is 5.91 Å². The number of amides is 1. The summed E-state index contributed by atoms with van der Waals surface area (Å²) in [5.74, 6) is 0.355. The summed E-state index contributed by atoms with van der Waals surface area (Å²) in [7, 11) is 0. The summed E-state index contributed by atoms with van der Waals surface area (Å²) in [6, 6.07) is 6.27. The van der Waals surface area contributed by atoms with E-state index in [2.05, 4.69) is 29.4 Å². The Morgan fingerprint density at radius 1 is 1.53 bits per heavy atom. The molecule has 1 amide bonds. The van der Waals surface area contributed by atoms with Crippen molar-refractivity contribution in [3.8, 4) is 0 Å². The largest absolute Gasteiger partial charge is 0.302 e. The SMILES string of the molecule is CCc1ccc2nc(NC(=O)C3CC3)sc2c1. The standard InChI is InChI=1S/C13H14N2OS/c1-2-8-3-6-10-11(7-8)17-13(14-10)15-12(16)9-4-5-9/h3,6-7,9H,2,4-5H2,1H3,(H,14,15,16). The monoisotopic (exact) mass is 246 g/mol. The van der Waals surface area contributed by atoms with Crippen LogP contribution in [0.5, 0.6) is 0 Å². The Kier molecular flexibility index (Phi) is 2.59. The van der Waals surface area contributed by atoms with Gasteiger partial charge in [-0.15, -0.1) is 0 Å². The lowest BCUT2D eigenvalue weighted by atomic mass is 10.2. The molecule has 17 heavy (non-hydrogen) atoms. The highest BCUT2D eigenvalue weighted by molar-refractivity contribution is 7.22. The molecule has 1 saturated carbocycles. The lowest BCUT2D eigenvalue weighted by Crippen LogP contribution is -2.12. The normalized spacial score (nSPS) is 15.1. The number of anilines is 1. The second-order valence-electron chi connectivity index (χ2n) is 4.44. The van der Waals surface area contributed by atoms with E-state index in [4.69, 9.17) is 0 Å². The van der Waals surface area contributed by atoms with Crippen LogP contribution >= 0.6 is 11.3 Å². The van der Waals surface area contributed by atoms with E-state index in [9.17, 15) is 4.79 Å². The van der Waals surface area contributed by atoms with Crippen LogP contribution in [0.2, 0.25) is 0 Å². The average Bonchev–Trinajstić information content (AvgIpc) is 3.10. The number of thiazole rings is 1. The molecule has 0 saturated heterocycles. The number of nitrogens with zero attached hydrogens (tertiary/aromatic N) is 1. The Balaban J connectivity index is 1.87. The van der Waals surface area contributed by atoms with Crippen LogP contribution in [0.1, 0.15) is 25.3 Å². The highest BCUT2D eigenvalue weighted by Gasteiger charge is 2.30. The number of hydrogen-bond donors (Lipinski definition) is 1. The lowest BCUT2D eigenvalue weighted by molar-refractivity contribution is -0.117. The van der Waals surface area contributed by atoms with E-state index in [0.717, 1.165) is 34.6 Å². The Morgan fingerprint density at radius 2 is 2.35 bits per heavy atom. The number of aryl methyl sites for hydroxylation is 1. The second kappa shape index (κ2) is 4.11. The molecule has 1 aromatic carbocycles. The van der Waals surface area contributed by atoms with Crippen LogP contribution < -0.4 is 5.32 Å². The van der Waals surface area contributed by atoms with Gasteiger partial charge in [-0.1, -0.05) is 24.3 Å². The Bertz CT molecular complexity index is 572. The van der Waals surface area contributed by atoms with E-state index in [1.54, 1.807) is 11.3 Å². The molecule has 0 unspecified atom stereocenters. The number of fused-ring (bicyclic) bond motifs is 1. The predicted molar refractivity (Wildman–Crippen MR) is 70.4 cm³/mol. The van der Waals surface area contributed by atoms with Crippen molar-refractivity contribution in [3.05, 3.63) is 23.8 Å². The van der Waals surface area contributed by atoms with Gasteiger partial charge in [0.25, 0.3) is 0 Å². The van der Waals surface area contributed by atoms with Gasteiger partial charge in [0, 0.05) is 5.92 Å². The van der Waals surface area contributed by atoms with Crippen molar-refractivity contribution in [1.82, 2.24) is 4.98 Å². The molecule has 1 heterocycles. The Morgan fingerprint density at radius 3 is 3.06 bits per heavy atom. The molecular formula is C13H14N2OS. The predicted octanol–water partition coefficient (Wildman–Crippen LogP) is 3.21. The molecule has 0 bridgehead atoms. The molecule has 3 nitrogen and oxygen atoms in total. The average molecular weight is 246 g/mol. The zero-order chi connectivity index (χ0) is 11.8. The summed E-state index contributed by atoms with van der Waals surface area (Å²) in [5.41, 5.74) is 2.28. The van der Waals surface area contributed by atoms with Crippen molar-refractivity contribution in [2.75, 3.05) is 5.32 Å². The van der Waals surface area contributed by atoms with E-state index in [-0.39, 0.29) is 11.8 Å². The molecule has 0 atom stereocenters. The topological polar surface area (TPSA) is 42.0 Å². The van der Waals surface area contributed by atoms with E-state index >= 15 is 0 Å². The number of aromatic nitrogens is 1. The van der Waals surface area contributed by atoms with Crippen molar-refractivity contribution in [3.63, 3.8) is 0 Å². The molecule has 1 N–H and O–H groups in total. The summed E-state index contributed by atoms with van der Waals surface area (Å²) >= 11 is 1.56. The molecule has 1 aliphatic rings. The van der Waals surface area contributed by atoms with Gasteiger partial charge in [0.1, 0.15) is 0 Å².